The number of carbonyl (C=O) groups excluding carboxylic acids is 1. The summed E-state index contributed by atoms with van der Waals surface area (Å²) in [6, 6.07) is 18.4. The van der Waals surface area contributed by atoms with Crippen molar-refractivity contribution in [2.45, 2.75) is 26.8 Å². The number of aromatic nitrogens is 1. The molecule has 2 aromatic carbocycles. The minimum Gasteiger partial charge on any atom is -0.334 e. The number of amides is 1. The van der Waals surface area contributed by atoms with Crippen LogP contribution in [0.4, 0.5) is 0 Å². The molecular weight excluding hydrogens is 352 g/mol. The molecular formula is C23H24N2OS. The second kappa shape index (κ2) is 8.78. The van der Waals surface area contributed by atoms with Gasteiger partial charge in [0.15, 0.2) is 0 Å². The van der Waals surface area contributed by atoms with E-state index in [9.17, 15) is 4.79 Å². The SMILES string of the molecule is C=CCN(Cc1ccccc1)C(=O)Cc1sc(C)nc1-c1ccc(C)cc1. The first-order valence-electron chi connectivity index (χ1n) is 9.02. The molecule has 4 heteroatoms. The van der Waals surface area contributed by atoms with Crippen molar-refractivity contribution in [3.05, 3.63) is 88.3 Å². The van der Waals surface area contributed by atoms with Crippen molar-refractivity contribution in [2.75, 3.05) is 6.54 Å². The molecule has 138 valence electrons. The average molecular weight is 377 g/mol. The zero-order valence-electron chi connectivity index (χ0n) is 15.8. The molecule has 1 aromatic heterocycles. The Morgan fingerprint density at radius 3 is 2.48 bits per heavy atom. The molecule has 0 saturated carbocycles. The van der Waals surface area contributed by atoms with Gasteiger partial charge in [0.2, 0.25) is 5.91 Å². The maximum Gasteiger partial charge on any atom is 0.228 e. The van der Waals surface area contributed by atoms with E-state index in [0.29, 0.717) is 19.5 Å². The fourth-order valence-corrected chi connectivity index (χ4v) is 3.94. The monoisotopic (exact) mass is 376 g/mol. The smallest absolute Gasteiger partial charge is 0.228 e. The molecule has 27 heavy (non-hydrogen) atoms. The van der Waals surface area contributed by atoms with E-state index in [1.54, 1.807) is 17.4 Å². The fraction of sp³-hybridized carbons (Fsp3) is 0.217. The number of benzene rings is 2. The number of carbonyl (C=O) groups is 1. The van der Waals surface area contributed by atoms with Crippen LogP contribution in [0.2, 0.25) is 0 Å². The molecule has 0 bridgehead atoms. The van der Waals surface area contributed by atoms with Crippen molar-refractivity contribution in [1.29, 1.82) is 0 Å². The summed E-state index contributed by atoms with van der Waals surface area (Å²) in [6.07, 6.45) is 2.13. The number of hydrogen-bond acceptors (Lipinski definition) is 3. The van der Waals surface area contributed by atoms with Gasteiger partial charge in [0.05, 0.1) is 17.1 Å². The normalized spacial score (nSPS) is 10.6. The highest BCUT2D eigenvalue weighted by molar-refractivity contribution is 7.12. The van der Waals surface area contributed by atoms with Gasteiger partial charge in [-0.3, -0.25) is 4.79 Å². The molecule has 0 fully saturated rings. The summed E-state index contributed by atoms with van der Waals surface area (Å²) in [4.78, 5) is 20.6. The largest absolute Gasteiger partial charge is 0.334 e. The number of nitrogens with zero attached hydrogens (tertiary/aromatic N) is 2. The van der Waals surface area contributed by atoms with E-state index in [0.717, 1.165) is 26.7 Å². The van der Waals surface area contributed by atoms with Crippen LogP contribution in [0.3, 0.4) is 0 Å². The summed E-state index contributed by atoms with van der Waals surface area (Å²) in [7, 11) is 0. The Morgan fingerprint density at radius 2 is 1.81 bits per heavy atom. The lowest BCUT2D eigenvalue weighted by Gasteiger charge is -2.21. The molecule has 0 aliphatic rings. The number of hydrogen-bond donors (Lipinski definition) is 0. The fourth-order valence-electron chi connectivity index (χ4n) is 2.99. The van der Waals surface area contributed by atoms with Crippen molar-refractivity contribution in [3.63, 3.8) is 0 Å². The predicted octanol–water partition coefficient (Wildman–Crippen LogP) is 5.18. The van der Waals surface area contributed by atoms with Crippen LogP contribution in [0.15, 0.2) is 67.3 Å². The highest BCUT2D eigenvalue weighted by atomic mass is 32.1. The van der Waals surface area contributed by atoms with Gasteiger partial charge < -0.3 is 4.90 Å². The Morgan fingerprint density at radius 1 is 1.11 bits per heavy atom. The summed E-state index contributed by atoms with van der Waals surface area (Å²) < 4.78 is 0. The van der Waals surface area contributed by atoms with Crippen LogP contribution in [0.1, 0.15) is 21.0 Å². The summed E-state index contributed by atoms with van der Waals surface area (Å²) >= 11 is 1.60. The van der Waals surface area contributed by atoms with Crippen LogP contribution >= 0.6 is 11.3 Å². The number of thiazole rings is 1. The second-order valence-corrected chi connectivity index (χ2v) is 7.88. The quantitative estimate of drug-likeness (QED) is 0.532. The Kier molecular flexibility index (Phi) is 6.20. The molecule has 0 radical (unpaired) electrons. The first kappa shape index (κ1) is 19.1. The average Bonchev–Trinajstić information content (AvgIpc) is 3.03. The van der Waals surface area contributed by atoms with Crippen molar-refractivity contribution >= 4 is 17.2 Å². The van der Waals surface area contributed by atoms with E-state index >= 15 is 0 Å². The third-order valence-corrected chi connectivity index (χ3v) is 5.33. The standard InChI is InChI=1S/C23H24N2OS/c1-4-14-25(16-19-8-6-5-7-9-19)22(26)15-21-23(24-18(3)27-21)20-12-10-17(2)11-13-20/h4-13H,1,14-16H2,2-3H3. The molecule has 1 amide bonds. The van der Waals surface area contributed by atoms with Gasteiger partial charge in [-0.25, -0.2) is 4.98 Å². The number of rotatable bonds is 7. The molecule has 3 aromatic rings. The Balaban J connectivity index is 1.81. The van der Waals surface area contributed by atoms with E-state index in [4.69, 9.17) is 0 Å². The van der Waals surface area contributed by atoms with Gasteiger partial charge in [-0.1, -0.05) is 66.2 Å². The van der Waals surface area contributed by atoms with E-state index in [1.165, 1.54) is 5.56 Å². The highest BCUT2D eigenvalue weighted by Gasteiger charge is 2.19. The van der Waals surface area contributed by atoms with Gasteiger partial charge in [0, 0.05) is 23.5 Å². The summed E-state index contributed by atoms with van der Waals surface area (Å²) in [5.41, 5.74) is 4.31. The third-order valence-electron chi connectivity index (χ3n) is 4.36. The first-order chi connectivity index (χ1) is 13.1. The van der Waals surface area contributed by atoms with Gasteiger partial charge in [0.1, 0.15) is 0 Å². The van der Waals surface area contributed by atoms with E-state index in [2.05, 4.69) is 42.8 Å². The van der Waals surface area contributed by atoms with Crippen LogP contribution in [0, 0.1) is 13.8 Å². The lowest BCUT2D eigenvalue weighted by Crippen LogP contribution is -2.31. The lowest BCUT2D eigenvalue weighted by molar-refractivity contribution is -0.130. The molecule has 0 atom stereocenters. The summed E-state index contributed by atoms with van der Waals surface area (Å²) in [6.45, 7) is 8.98. The topological polar surface area (TPSA) is 33.2 Å². The van der Waals surface area contributed by atoms with Crippen molar-refractivity contribution in [3.8, 4) is 11.3 Å². The molecule has 3 rings (SSSR count). The van der Waals surface area contributed by atoms with Gasteiger partial charge in [-0.2, -0.15) is 0 Å². The minimum atomic E-state index is 0.0933. The van der Waals surface area contributed by atoms with Gasteiger partial charge in [-0.15, -0.1) is 17.9 Å². The van der Waals surface area contributed by atoms with Crippen LogP contribution < -0.4 is 0 Å². The predicted molar refractivity (Wildman–Crippen MR) is 113 cm³/mol. The van der Waals surface area contributed by atoms with Gasteiger partial charge >= 0.3 is 0 Å². The molecule has 1 heterocycles. The molecule has 3 nitrogen and oxygen atoms in total. The van der Waals surface area contributed by atoms with Crippen LogP contribution in [0.25, 0.3) is 11.3 Å². The molecule has 0 unspecified atom stereocenters. The molecule has 0 spiro atoms. The van der Waals surface area contributed by atoms with E-state index in [-0.39, 0.29) is 5.91 Å². The van der Waals surface area contributed by atoms with Crippen molar-refractivity contribution in [2.24, 2.45) is 0 Å². The summed E-state index contributed by atoms with van der Waals surface area (Å²) in [5.74, 6) is 0.0933. The third kappa shape index (κ3) is 4.92. The molecule has 0 aliphatic heterocycles. The van der Waals surface area contributed by atoms with Crippen LogP contribution in [0.5, 0.6) is 0 Å². The molecule has 0 N–H and O–H groups in total. The van der Waals surface area contributed by atoms with Gasteiger partial charge in [-0.05, 0) is 19.4 Å². The minimum absolute atomic E-state index is 0.0933. The molecule has 0 aliphatic carbocycles. The zero-order valence-corrected chi connectivity index (χ0v) is 16.6. The molecule has 0 saturated heterocycles. The van der Waals surface area contributed by atoms with Crippen LogP contribution in [-0.2, 0) is 17.8 Å². The first-order valence-corrected chi connectivity index (χ1v) is 9.84. The van der Waals surface area contributed by atoms with Gasteiger partial charge in [0.25, 0.3) is 0 Å². The Bertz CT molecular complexity index is 913. The lowest BCUT2D eigenvalue weighted by atomic mass is 10.1. The van der Waals surface area contributed by atoms with Crippen molar-refractivity contribution in [1.82, 2.24) is 9.88 Å². The van der Waals surface area contributed by atoms with E-state index in [1.807, 2.05) is 42.2 Å². The maximum absolute atomic E-state index is 13.0. The Labute approximate surface area is 165 Å². The highest BCUT2D eigenvalue weighted by Crippen LogP contribution is 2.29. The Hall–Kier alpha value is -2.72. The number of aryl methyl sites for hydroxylation is 2. The van der Waals surface area contributed by atoms with E-state index < -0.39 is 0 Å². The maximum atomic E-state index is 13.0. The van der Waals surface area contributed by atoms with Crippen LogP contribution in [-0.4, -0.2) is 22.3 Å². The zero-order chi connectivity index (χ0) is 19.2. The second-order valence-electron chi connectivity index (χ2n) is 6.60. The summed E-state index contributed by atoms with van der Waals surface area (Å²) in [5, 5.41) is 0.978. The van der Waals surface area contributed by atoms with Crippen molar-refractivity contribution < 1.29 is 4.79 Å².